The lowest BCUT2D eigenvalue weighted by molar-refractivity contribution is -0.117. The molecule has 0 fully saturated rings. The molecule has 3 rings (SSSR count). The lowest BCUT2D eigenvalue weighted by atomic mass is 10.1. The monoisotopic (exact) mass is 493 g/mol. The fourth-order valence-corrected chi connectivity index (χ4v) is 5.49. The summed E-state index contributed by atoms with van der Waals surface area (Å²) < 4.78 is 41.4. The summed E-state index contributed by atoms with van der Waals surface area (Å²) >= 11 is 2.80. The number of amides is 1. The van der Waals surface area contributed by atoms with E-state index in [0.717, 1.165) is 16.0 Å². The lowest BCUT2D eigenvalue weighted by Crippen LogP contribution is -2.44. The summed E-state index contributed by atoms with van der Waals surface area (Å²) in [6.07, 6.45) is 4.34. The third-order valence-corrected chi connectivity index (χ3v) is 7.65. The number of hydrogen-bond acceptors (Lipinski definition) is 6. The SMILES string of the molecule is CSCCC(NS(=O)(=O)c1ccc(C)cc1)C(=O)Nc1ncc(Cc2cccc(F)c2)s1. The highest BCUT2D eigenvalue weighted by Gasteiger charge is 2.26. The Labute approximate surface area is 195 Å². The van der Waals surface area contributed by atoms with Gasteiger partial charge in [0.1, 0.15) is 11.9 Å². The van der Waals surface area contributed by atoms with Crippen molar-refractivity contribution in [1.29, 1.82) is 0 Å². The van der Waals surface area contributed by atoms with Crippen molar-refractivity contribution in [3.05, 3.63) is 76.5 Å². The van der Waals surface area contributed by atoms with Crippen LogP contribution in [0.25, 0.3) is 0 Å². The molecule has 6 nitrogen and oxygen atoms in total. The second-order valence-corrected chi connectivity index (χ2v) is 11.0. The number of halogens is 1. The number of sulfonamides is 1. The minimum Gasteiger partial charge on any atom is -0.301 e. The van der Waals surface area contributed by atoms with Gasteiger partial charge in [-0.15, -0.1) is 11.3 Å². The standard InChI is InChI=1S/C22H24FN3O3S3/c1-15-6-8-19(9-7-15)32(28,29)26-20(10-11-30-2)21(27)25-22-24-14-18(31-22)13-16-4-3-5-17(23)12-16/h3-9,12,14,20,26H,10-11,13H2,1-2H3,(H,24,25,27). The average molecular weight is 494 g/mol. The summed E-state index contributed by atoms with van der Waals surface area (Å²) in [5.74, 6) is -0.170. The number of nitrogens with one attached hydrogen (secondary N) is 2. The van der Waals surface area contributed by atoms with Gasteiger partial charge in [0.05, 0.1) is 4.90 Å². The molecule has 0 saturated carbocycles. The molecule has 10 heteroatoms. The number of benzene rings is 2. The predicted octanol–water partition coefficient (Wildman–Crippen LogP) is 4.22. The van der Waals surface area contributed by atoms with Crippen molar-refractivity contribution in [3.8, 4) is 0 Å². The highest BCUT2D eigenvalue weighted by Crippen LogP contribution is 2.22. The summed E-state index contributed by atoms with van der Waals surface area (Å²) in [5, 5.41) is 3.08. The summed E-state index contributed by atoms with van der Waals surface area (Å²) in [6.45, 7) is 1.87. The molecular weight excluding hydrogens is 469 g/mol. The van der Waals surface area contributed by atoms with Gasteiger partial charge < -0.3 is 5.32 Å². The van der Waals surface area contributed by atoms with Crippen molar-refractivity contribution in [2.75, 3.05) is 17.3 Å². The van der Waals surface area contributed by atoms with Gasteiger partial charge in [-0.05, 0) is 55.2 Å². The number of carbonyl (C=O) groups excluding carboxylic acids is 1. The van der Waals surface area contributed by atoms with Crippen molar-refractivity contribution in [2.45, 2.75) is 30.7 Å². The van der Waals surface area contributed by atoms with Crippen LogP contribution < -0.4 is 10.0 Å². The number of aryl methyl sites for hydroxylation is 1. The van der Waals surface area contributed by atoms with Crippen molar-refractivity contribution in [2.24, 2.45) is 0 Å². The van der Waals surface area contributed by atoms with Gasteiger partial charge in [0.15, 0.2) is 5.13 Å². The Morgan fingerprint density at radius 1 is 1.22 bits per heavy atom. The molecule has 32 heavy (non-hydrogen) atoms. The van der Waals surface area contributed by atoms with Crippen LogP contribution in [0.3, 0.4) is 0 Å². The zero-order chi connectivity index (χ0) is 23.1. The second kappa shape index (κ2) is 11.0. The smallest absolute Gasteiger partial charge is 0.244 e. The van der Waals surface area contributed by atoms with E-state index in [2.05, 4.69) is 15.0 Å². The molecule has 0 bridgehead atoms. The number of thioether (sulfide) groups is 1. The molecule has 1 heterocycles. The molecule has 0 aliphatic heterocycles. The van der Waals surface area contributed by atoms with Crippen molar-refractivity contribution in [1.82, 2.24) is 9.71 Å². The Balaban J connectivity index is 1.69. The van der Waals surface area contributed by atoms with E-state index in [-0.39, 0.29) is 10.7 Å². The van der Waals surface area contributed by atoms with Crippen LogP contribution in [0.1, 0.15) is 22.4 Å². The third-order valence-electron chi connectivity index (χ3n) is 4.61. The summed E-state index contributed by atoms with van der Waals surface area (Å²) in [4.78, 5) is 18.0. The summed E-state index contributed by atoms with van der Waals surface area (Å²) in [5.41, 5.74) is 1.74. The number of rotatable bonds is 10. The van der Waals surface area contributed by atoms with E-state index in [1.54, 1.807) is 24.4 Å². The molecule has 3 aromatic rings. The first kappa shape index (κ1) is 24.4. The van der Waals surface area contributed by atoms with Gasteiger partial charge in [-0.2, -0.15) is 16.5 Å². The van der Waals surface area contributed by atoms with Gasteiger partial charge >= 0.3 is 0 Å². The van der Waals surface area contributed by atoms with E-state index >= 15 is 0 Å². The van der Waals surface area contributed by atoms with E-state index in [0.29, 0.717) is 23.7 Å². The summed E-state index contributed by atoms with van der Waals surface area (Å²) in [6, 6.07) is 11.8. The normalized spacial score (nSPS) is 12.5. The fraction of sp³-hybridized carbons (Fsp3) is 0.273. The quantitative estimate of drug-likeness (QED) is 0.442. The maximum absolute atomic E-state index is 13.4. The van der Waals surface area contributed by atoms with E-state index in [1.807, 2.05) is 19.2 Å². The van der Waals surface area contributed by atoms with Crippen LogP contribution in [0.4, 0.5) is 9.52 Å². The fourth-order valence-electron chi connectivity index (χ4n) is 2.94. The molecule has 0 saturated heterocycles. The molecular formula is C22H24FN3O3S3. The number of hydrogen-bond donors (Lipinski definition) is 2. The number of anilines is 1. The number of aromatic nitrogens is 1. The van der Waals surface area contributed by atoms with Crippen LogP contribution in [0.5, 0.6) is 0 Å². The zero-order valence-electron chi connectivity index (χ0n) is 17.7. The molecule has 2 aromatic carbocycles. The molecule has 1 amide bonds. The minimum atomic E-state index is -3.86. The van der Waals surface area contributed by atoms with Gasteiger partial charge in [0, 0.05) is 17.5 Å². The van der Waals surface area contributed by atoms with Gasteiger partial charge in [-0.1, -0.05) is 29.8 Å². The zero-order valence-corrected chi connectivity index (χ0v) is 20.1. The Kier molecular flexibility index (Phi) is 8.41. The Morgan fingerprint density at radius 2 is 1.97 bits per heavy atom. The van der Waals surface area contributed by atoms with Crippen molar-refractivity contribution >= 4 is 44.2 Å². The van der Waals surface area contributed by atoms with Gasteiger partial charge in [-0.25, -0.2) is 17.8 Å². The van der Waals surface area contributed by atoms with Crippen molar-refractivity contribution < 1.29 is 17.6 Å². The van der Waals surface area contributed by atoms with Crippen LogP contribution in [-0.2, 0) is 21.2 Å². The second-order valence-electron chi connectivity index (χ2n) is 7.20. The maximum atomic E-state index is 13.4. The van der Waals surface area contributed by atoms with Crippen LogP contribution in [0, 0.1) is 12.7 Å². The van der Waals surface area contributed by atoms with E-state index in [9.17, 15) is 17.6 Å². The highest BCUT2D eigenvalue weighted by molar-refractivity contribution is 7.98. The van der Waals surface area contributed by atoms with E-state index < -0.39 is 22.0 Å². The molecule has 1 unspecified atom stereocenters. The highest BCUT2D eigenvalue weighted by atomic mass is 32.2. The number of thiazole rings is 1. The first-order valence-electron chi connectivity index (χ1n) is 9.85. The molecule has 2 N–H and O–H groups in total. The molecule has 0 aliphatic carbocycles. The molecule has 170 valence electrons. The topological polar surface area (TPSA) is 88.2 Å². The van der Waals surface area contributed by atoms with E-state index in [1.165, 1.54) is 47.4 Å². The largest absolute Gasteiger partial charge is 0.301 e. The molecule has 0 aliphatic rings. The summed E-state index contributed by atoms with van der Waals surface area (Å²) in [7, 11) is -3.86. The van der Waals surface area contributed by atoms with Gasteiger partial charge in [0.2, 0.25) is 15.9 Å². The third kappa shape index (κ3) is 6.86. The number of nitrogens with zero attached hydrogens (tertiary/aromatic N) is 1. The predicted molar refractivity (Wildman–Crippen MR) is 128 cm³/mol. The van der Waals surface area contributed by atoms with Crippen LogP contribution >= 0.6 is 23.1 Å². The molecule has 1 atom stereocenters. The first-order valence-corrected chi connectivity index (χ1v) is 13.5. The number of carbonyl (C=O) groups is 1. The van der Waals surface area contributed by atoms with Crippen LogP contribution in [0.2, 0.25) is 0 Å². The maximum Gasteiger partial charge on any atom is 0.244 e. The van der Waals surface area contributed by atoms with Gasteiger partial charge in [-0.3, -0.25) is 4.79 Å². The first-order chi connectivity index (χ1) is 15.3. The Hall–Kier alpha value is -2.27. The lowest BCUT2D eigenvalue weighted by Gasteiger charge is -2.17. The Bertz CT molecular complexity index is 1160. The molecule has 0 spiro atoms. The van der Waals surface area contributed by atoms with E-state index in [4.69, 9.17) is 0 Å². The minimum absolute atomic E-state index is 0.108. The average Bonchev–Trinajstić information content (AvgIpc) is 3.18. The van der Waals surface area contributed by atoms with Crippen molar-refractivity contribution in [3.63, 3.8) is 0 Å². The Morgan fingerprint density at radius 3 is 2.66 bits per heavy atom. The molecule has 0 radical (unpaired) electrons. The molecule has 1 aromatic heterocycles. The van der Waals surface area contributed by atoms with Crippen LogP contribution in [-0.4, -0.2) is 37.4 Å². The van der Waals surface area contributed by atoms with Gasteiger partial charge in [0.25, 0.3) is 0 Å². The van der Waals surface area contributed by atoms with Crippen LogP contribution in [0.15, 0.2) is 59.6 Å².